The van der Waals surface area contributed by atoms with E-state index in [0.29, 0.717) is 11.8 Å². The average molecular weight is 283 g/mol. The molecule has 0 aromatic heterocycles. The van der Waals surface area contributed by atoms with Gasteiger partial charge in [0.05, 0.1) is 7.11 Å². The molecule has 0 amide bonds. The van der Waals surface area contributed by atoms with Gasteiger partial charge in [0, 0.05) is 32.6 Å². The van der Waals surface area contributed by atoms with E-state index in [1.165, 1.54) is 13.5 Å². The Morgan fingerprint density at radius 1 is 1.40 bits per heavy atom. The van der Waals surface area contributed by atoms with Gasteiger partial charge in [-0.1, -0.05) is 13.8 Å². The van der Waals surface area contributed by atoms with Crippen LogP contribution in [0, 0.1) is 5.41 Å². The van der Waals surface area contributed by atoms with Crippen molar-refractivity contribution in [2.45, 2.75) is 46.5 Å². The quantitative estimate of drug-likeness (QED) is 0.351. The van der Waals surface area contributed by atoms with Crippen LogP contribution < -0.4 is 5.32 Å². The Kier molecular flexibility index (Phi) is 6.82. The zero-order chi connectivity index (χ0) is 15.0. The maximum Gasteiger partial charge on any atom is 0.305 e. The van der Waals surface area contributed by atoms with E-state index in [4.69, 9.17) is 0 Å². The smallest absolute Gasteiger partial charge is 0.305 e. The van der Waals surface area contributed by atoms with Crippen LogP contribution >= 0.6 is 0 Å². The van der Waals surface area contributed by atoms with Gasteiger partial charge in [0.25, 0.3) is 0 Å². The fourth-order valence-electron chi connectivity index (χ4n) is 2.39. The number of carbonyl (C=O) groups is 1. The van der Waals surface area contributed by atoms with E-state index in [0.717, 1.165) is 45.0 Å². The molecule has 0 bridgehead atoms. The van der Waals surface area contributed by atoms with Crippen molar-refractivity contribution in [1.82, 2.24) is 10.2 Å². The molecule has 1 N–H and O–H groups in total. The number of nitrogens with one attached hydrogen (secondary N) is 1. The van der Waals surface area contributed by atoms with E-state index in [1.807, 2.05) is 0 Å². The van der Waals surface area contributed by atoms with Crippen molar-refractivity contribution in [2.24, 2.45) is 10.4 Å². The van der Waals surface area contributed by atoms with Crippen LogP contribution in [0.25, 0.3) is 0 Å². The van der Waals surface area contributed by atoms with Crippen LogP contribution in [0.15, 0.2) is 4.99 Å². The zero-order valence-electron chi connectivity index (χ0n) is 13.4. The van der Waals surface area contributed by atoms with Crippen LogP contribution in [0.3, 0.4) is 0 Å². The number of nitrogens with zero attached hydrogens (tertiary/aromatic N) is 2. The molecule has 0 saturated carbocycles. The van der Waals surface area contributed by atoms with Gasteiger partial charge in [-0.2, -0.15) is 0 Å². The van der Waals surface area contributed by atoms with E-state index < -0.39 is 0 Å². The number of hydrogen-bond donors (Lipinski definition) is 1. The second-order valence-electron chi connectivity index (χ2n) is 6.10. The van der Waals surface area contributed by atoms with Crippen molar-refractivity contribution < 1.29 is 9.53 Å². The Bertz CT molecular complexity index is 340. The lowest BCUT2D eigenvalue weighted by atomic mass is 9.93. The fraction of sp³-hybridized carbons (Fsp3) is 0.867. The Balaban J connectivity index is 2.38. The molecule has 1 rings (SSSR count). The van der Waals surface area contributed by atoms with Crippen molar-refractivity contribution in [3.8, 4) is 0 Å². The highest BCUT2D eigenvalue weighted by Crippen LogP contribution is 2.28. The average Bonchev–Trinajstić information content (AvgIpc) is 2.77. The van der Waals surface area contributed by atoms with Gasteiger partial charge in [0.2, 0.25) is 0 Å². The molecule has 0 atom stereocenters. The van der Waals surface area contributed by atoms with Crippen molar-refractivity contribution in [1.29, 1.82) is 0 Å². The molecule has 1 heterocycles. The Morgan fingerprint density at radius 2 is 2.15 bits per heavy atom. The lowest BCUT2D eigenvalue weighted by molar-refractivity contribution is -0.140. The molecule has 20 heavy (non-hydrogen) atoms. The molecule has 1 fully saturated rings. The predicted molar refractivity (Wildman–Crippen MR) is 81.8 cm³/mol. The SMILES string of the molecule is CCNC(=NCCCCC(=O)OC)N1CCC(C)(C)C1. The summed E-state index contributed by atoms with van der Waals surface area (Å²) in [5.74, 6) is 0.873. The minimum atomic E-state index is -0.137. The van der Waals surface area contributed by atoms with Gasteiger partial charge in [-0.25, -0.2) is 0 Å². The fourth-order valence-corrected chi connectivity index (χ4v) is 2.39. The molecular formula is C15H29N3O2. The number of guanidine groups is 1. The monoisotopic (exact) mass is 283 g/mol. The molecule has 1 saturated heterocycles. The van der Waals surface area contributed by atoms with Crippen molar-refractivity contribution in [2.75, 3.05) is 33.3 Å². The zero-order valence-corrected chi connectivity index (χ0v) is 13.4. The lowest BCUT2D eigenvalue weighted by Gasteiger charge is -2.23. The number of rotatable bonds is 6. The first kappa shape index (κ1) is 16.8. The molecule has 5 nitrogen and oxygen atoms in total. The molecular weight excluding hydrogens is 254 g/mol. The normalized spacial score (nSPS) is 18.2. The van der Waals surface area contributed by atoms with Crippen molar-refractivity contribution >= 4 is 11.9 Å². The summed E-state index contributed by atoms with van der Waals surface area (Å²) in [6.45, 7) is 10.5. The first-order valence-electron chi connectivity index (χ1n) is 7.58. The van der Waals surface area contributed by atoms with Crippen LogP contribution in [0.1, 0.15) is 46.5 Å². The number of esters is 1. The molecule has 0 radical (unpaired) electrons. The van der Waals surface area contributed by atoms with Crippen LogP contribution in [0.4, 0.5) is 0 Å². The maximum atomic E-state index is 11.0. The number of aliphatic imine (C=N–C) groups is 1. The molecule has 1 aliphatic heterocycles. The molecule has 0 aromatic carbocycles. The molecule has 116 valence electrons. The minimum Gasteiger partial charge on any atom is -0.469 e. The number of carbonyl (C=O) groups excluding carboxylic acids is 1. The van der Waals surface area contributed by atoms with Gasteiger partial charge in [-0.15, -0.1) is 0 Å². The summed E-state index contributed by atoms with van der Waals surface area (Å²) < 4.78 is 4.63. The highest BCUT2D eigenvalue weighted by Gasteiger charge is 2.30. The lowest BCUT2D eigenvalue weighted by Crippen LogP contribution is -2.40. The predicted octanol–water partition coefficient (Wildman–Crippen LogP) is 2.03. The van der Waals surface area contributed by atoms with E-state index >= 15 is 0 Å². The summed E-state index contributed by atoms with van der Waals surface area (Å²) in [6.07, 6.45) is 3.45. The highest BCUT2D eigenvalue weighted by atomic mass is 16.5. The summed E-state index contributed by atoms with van der Waals surface area (Å²) >= 11 is 0. The molecule has 1 aliphatic rings. The van der Waals surface area contributed by atoms with E-state index in [-0.39, 0.29) is 5.97 Å². The Morgan fingerprint density at radius 3 is 2.70 bits per heavy atom. The molecule has 0 aliphatic carbocycles. The minimum absolute atomic E-state index is 0.137. The van der Waals surface area contributed by atoms with Crippen LogP contribution in [-0.2, 0) is 9.53 Å². The third-order valence-electron chi connectivity index (χ3n) is 3.59. The first-order valence-corrected chi connectivity index (χ1v) is 7.58. The Hall–Kier alpha value is -1.26. The first-order chi connectivity index (χ1) is 9.48. The molecule has 5 heteroatoms. The number of likely N-dealkylation sites (tertiary alicyclic amines) is 1. The second-order valence-corrected chi connectivity index (χ2v) is 6.10. The van der Waals surface area contributed by atoms with Gasteiger partial charge in [-0.3, -0.25) is 9.79 Å². The standard InChI is InChI=1S/C15H29N3O2/c1-5-16-14(18-11-9-15(2,3)12-18)17-10-7-6-8-13(19)20-4/h5-12H2,1-4H3,(H,16,17). The highest BCUT2D eigenvalue weighted by molar-refractivity contribution is 5.80. The van der Waals surface area contributed by atoms with E-state index in [1.54, 1.807) is 0 Å². The summed E-state index contributed by atoms with van der Waals surface area (Å²) in [5.41, 5.74) is 0.376. The molecule has 0 unspecified atom stereocenters. The van der Waals surface area contributed by atoms with Crippen molar-refractivity contribution in [3.05, 3.63) is 0 Å². The Labute approximate surface area is 122 Å². The third-order valence-corrected chi connectivity index (χ3v) is 3.59. The molecule has 0 aromatic rings. The van der Waals surface area contributed by atoms with Gasteiger partial charge in [0.1, 0.15) is 0 Å². The van der Waals surface area contributed by atoms with E-state index in [9.17, 15) is 4.79 Å². The number of unbranched alkanes of at least 4 members (excludes halogenated alkanes) is 1. The largest absolute Gasteiger partial charge is 0.469 e. The third kappa shape index (κ3) is 5.80. The number of ether oxygens (including phenoxy) is 1. The summed E-state index contributed by atoms with van der Waals surface area (Å²) in [7, 11) is 1.43. The van der Waals surface area contributed by atoms with Crippen LogP contribution in [0.2, 0.25) is 0 Å². The number of methoxy groups -OCH3 is 1. The molecule has 0 spiro atoms. The summed E-state index contributed by atoms with van der Waals surface area (Å²) in [4.78, 5) is 18.0. The summed E-state index contributed by atoms with van der Waals surface area (Å²) in [5, 5.41) is 3.36. The van der Waals surface area contributed by atoms with Crippen LogP contribution in [0.5, 0.6) is 0 Å². The van der Waals surface area contributed by atoms with Crippen LogP contribution in [-0.4, -0.2) is 50.1 Å². The van der Waals surface area contributed by atoms with Gasteiger partial charge in [-0.05, 0) is 31.6 Å². The summed E-state index contributed by atoms with van der Waals surface area (Å²) in [6, 6.07) is 0. The topological polar surface area (TPSA) is 53.9 Å². The van der Waals surface area contributed by atoms with Crippen molar-refractivity contribution in [3.63, 3.8) is 0 Å². The maximum absolute atomic E-state index is 11.0. The second kappa shape index (κ2) is 8.12. The van der Waals surface area contributed by atoms with E-state index in [2.05, 4.69) is 40.7 Å². The van der Waals surface area contributed by atoms with Gasteiger partial charge >= 0.3 is 5.97 Å². The number of hydrogen-bond acceptors (Lipinski definition) is 3. The van der Waals surface area contributed by atoms with Gasteiger partial charge in [0.15, 0.2) is 5.96 Å². The van der Waals surface area contributed by atoms with Gasteiger partial charge < -0.3 is 15.0 Å².